The fourth-order valence-electron chi connectivity index (χ4n) is 2.64. The second kappa shape index (κ2) is 7.15. The maximum Gasteiger partial charge on any atom is 0.255 e. The Hall–Kier alpha value is -1.85. The van der Waals surface area contributed by atoms with Crippen LogP contribution < -0.4 is 10.2 Å². The van der Waals surface area contributed by atoms with Crippen LogP contribution in [-0.2, 0) is 4.74 Å². The van der Waals surface area contributed by atoms with Gasteiger partial charge in [-0.05, 0) is 49.4 Å². The summed E-state index contributed by atoms with van der Waals surface area (Å²) in [5.41, 5.74) is 2.58. The average molecular weight is 375 g/mol. The molecule has 1 aliphatic heterocycles. The molecule has 120 valence electrons. The third-order valence-electron chi connectivity index (χ3n) is 3.82. The third-order valence-corrected chi connectivity index (χ3v) is 4.31. The number of benzene rings is 2. The Morgan fingerprint density at radius 3 is 2.74 bits per heavy atom. The number of carbonyl (C=O) groups excluding carboxylic acids is 1. The van der Waals surface area contributed by atoms with Crippen molar-refractivity contribution in [1.29, 1.82) is 0 Å². The van der Waals surface area contributed by atoms with Gasteiger partial charge in [-0.25, -0.2) is 0 Å². The molecule has 2 aromatic rings. The van der Waals surface area contributed by atoms with Crippen molar-refractivity contribution in [2.45, 2.75) is 13.0 Å². The number of morpholine rings is 1. The predicted molar refractivity (Wildman–Crippen MR) is 96.2 cm³/mol. The molecule has 0 aromatic heterocycles. The normalized spacial score (nSPS) is 17.8. The van der Waals surface area contributed by atoms with E-state index in [1.807, 2.05) is 36.4 Å². The van der Waals surface area contributed by atoms with E-state index >= 15 is 0 Å². The molecule has 1 aliphatic rings. The van der Waals surface area contributed by atoms with E-state index in [1.165, 1.54) is 0 Å². The number of hydrogen-bond acceptors (Lipinski definition) is 3. The maximum atomic E-state index is 12.2. The van der Waals surface area contributed by atoms with Crippen molar-refractivity contribution in [2.24, 2.45) is 0 Å². The van der Waals surface area contributed by atoms with E-state index in [-0.39, 0.29) is 12.0 Å². The van der Waals surface area contributed by atoms with Gasteiger partial charge >= 0.3 is 0 Å². The minimum absolute atomic E-state index is 0.112. The zero-order chi connectivity index (χ0) is 16.2. The van der Waals surface area contributed by atoms with Crippen LogP contribution in [0.3, 0.4) is 0 Å². The van der Waals surface area contributed by atoms with Crippen LogP contribution in [0.15, 0.2) is 53.0 Å². The lowest BCUT2D eigenvalue weighted by molar-refractivity contribution is 0.0532. The molecule has 0 radical (unpaired) electrons. The Morgan fingerprint density at radius 2 is 2.04 bits per heavy atom. The van der Waals surface area contributed by atoms with Crippen molar-refractivity contribution >= 4 is 33.2 Å². The Morgan fingerprint density at radius 1 is 1.26 bits per heavy atom. The predicted octanol–water partition coefficient (Wildman–Crippen LogP) is 3.93. The Bertz CT molecular complexity index is 688. The second-order valence-corrected chi connectivity index (χ2v) is 6.55. The van der Waals surface area contributed by atoms with Gasteiger partial charge in [-0.15, -0.1) is 0 Å². The second-order valence-electron chi connectivity index (χ2n) is 5.64. The summed E-state index contributed by atoms with van der Waals surface area (Å²) >= 11 is 3.38. The molecule has 4 nitrogen and oxygen atoms in total. The number of amides is 1. The van der Waals surface area contributed by atoms with Crippen molar-refractivity contribution < 1.29 is 9.53 Å². The summed E-state index contributed by atoms with van der Waals surface area (Å²) in [5, 5.41) is 2.92. The molecule has 1 fully saturated rings. The number of ether oxygens (including phenoxy) is 1. The number of anilines is 2. The molecule has 1 amide bonds. The smallest absolute Gasteiger partial charge is 0.255 e. The minimum Gasteiger partial charge on any atom is -0.375 e. The summed E-state index contributed by atoms with van der Waals surface area (Å²) in [6.45, 7) is 4.62. The standard InChI is InChI=1S/C18H19BrN2O2/c1-13-12-21(9-10-23-13)17-7-5-16(6-8-17)20-18(22)14-3-2-4-15(19)11-14/h2-8,11,13H,9-10,12H2,1H3,(H,20,22). The van der Waals surface area contributed by atoms with Gasteiger partial charge in [-0.3, -0.25) is 4.79 Å². The van der Waals surface area contributed by atoms with E-state index in [9.17, 15) is 4.79 Å². The lowest BCUT2D eigenvalue weighted by Gasteiger charge is -2.33. The molecule has 0 aliphatic carbocycles. The fourth-order valence-corrected chi connectivity index (χ4v) is 3.04. The van der Waals surface area contributed by atoms with Gasteiger partial charge in [-0.2, -0.15) is 0 Å². The first-order valence-corrected chi connectivity index (χ1v) is 8.44. The van der Waals surface area contributed by atoms with Gasteiger partial charge in [0.25, 0.3) is 5.91 Å². The lowest BCUT2D eigenvalue weighted by Crippen LogP contribution is -2.41. The number of hydrogen-bond donors (Lipinski definition) is 1. The van der Waals surface area contributed by atoms with Crippen LogP contribution in [0.5, 0.6) is 0 Å². The minimum atomic E-state index is -0.112. The highest BCUT2D eigenvalue weighted by Gasteiger charge is 2.16. The van der Waals surface area contributed by atoms with Crippen LogP contribution in [0.4, 0.5) is 11.4 Å². The number of nitrogens with zero attached hydrogens (tertiary/aromatic N) is 1. The van der Waals surface area contributed by atoms with Crippen LogP contribution in [-0.4, -0.2) is 31.7 Å². The SMILES string of the molecule is CC1CN(c2ccc(NC(=O)c3cccc(Br)c3)cc2)CCO1. The van der Waals surface area contributed by atoms with E-state index in [4.69, 9.17) is 4.74 Å². The van der Waals surface area contributed by atoms with E-state index in [1.54, 1.807) is 12.1 Å². The first-order valence-electron chi connectivity index (χ1n) is 7.65. The fraction of sp³-hybridized carbons (Fsp3) is 0.278. The molecule has 5 heteroatoms. The molecule has 3 rings (SSSR count). The van der Waals surface area contributed by atoms with Crippen LogP contribution >= 0.6 is 15.9 Å². The van der Waals surface area contributed by atoms with Gasteiger partial charge in [-0.1, -0.05) is 22.0 Å². The van der Waals surface area contributed by atoms with Gasteiger partial charge < -0.3 is 15.0 Å². The molecular formula is C18H19BrN2O2. The molecule has 0 bridgehead atoms. The number of rotatable bonds is 3. The molecule has 1 heterocycles. The van der Waals surface area contributed by atoms with Crippen LogP contribution in [0.25, 0.3) is 0 Å². The molecule has 23 heavy (non-hydrogen) atoms. The van der Waals surface area contributed by atoms with Crippen molar-refractivity contribution in [3.05, 3.63) is 58.6 Å². The van der Waals surface area contributed by atoms with E-state index in [0.29, 0.717) is 5.56 Å². The summed E-state index contributed by atoms with van der Waals surface area (Å²) in [4.78, 5) is 14.5. The van der Waals surface area contributed by atoms with E-state index in [0.717, 1.165) is 35.5 Å². The van der Waals surface area contributed by atoms with E-state index in [2.05, 4.69) is 33.1 Å². The van der Waals surface area contributed by atoms with Crippen molar-refractivity contribution in [3.8, 4) is 0 Å². The number of carbonyl (C=O) groups is 1. The van der Waals surface area contributed by atoms with Crippen LogP contribution in [0.1, 0.15) is 17.3 Å². The molecular weight excluding hydrogens is 356 g/mol. The molecule has 2 aromatic carbocycles. The zero-order valence-corrected chi connectivity index (χ0v) is 14.5. The molecule has 1 atom stereocenters. The van der Waals surface area contributed by atoms with Gasteiger partial charge in [0.05, 0.1) is 12.7 Å². The molecule has 1 saturated heterocycles. The van der Waals surface area contributed by atoms with Crippen LogP contribution in [0, 0.1) is 0 Å². The van der Waals surface area contributed by atoms with Gasteiger partial charge in [0.15, 0.2) is 0 Å². The van der Waals surface area contributed by atoms with Gasteiger partial charge in [0.2, 0.25) is 0 Å². The summed E-state index contributed by atoms with van der Waals surface area (Å²) in [7, 11) is 0. The Balaban J connectivity index is 1.66. The first-order chi connectivity index (χ1) is 11.1. The summed E-state index contributed by atoms with van der Waals surface area (Å²) in [6, 6.07) is 15.3. The summed E-state index contributed by atoms with van der Waals surface area (Å²) in [6.07, 6.45) is 0.250. The lowest BCUT2D eigenvalue weighted by atomic mass is 10.2. The average Bonchev–Trinajstić information content (AvgIpc) is 2.55. The molecule has 0 spiro atoms. The Labute approximate surface area is 144 Å². The topological polar surface area (TPSA) is 41.6 Å². The summed E-state index contributed by atoms with van der Waals surface area (Å²) < 4.78 is 6.45. The van der Waals surface area contributed by atoms with Crippen molar-refractivity contribution in [1.82, 2.24) is 0 Å². The highest BCUT2D eigenvalue weighted by molar-refractivity contribution is 9.10. The van der Waals surface area contributed by atoms with Crippen LogP contribution in [0.2, 0.25) is 0 Å². The first kappa shape index (κ1) is 16.0. The highest BCUT2D eigenvalue weighted by Crippen LogP contribution is 2.21. The highest BCUT2D eigenvalue weighted by atomic mass is 79.9. The number of nitrogens with one attached hydrogen (secondary N) is 1. The zero-order valence-electron chi connectivity index (χ0n) is 13.0. The van der Waals surface area contributed by atoms with E-state index < -0.39 is 0 Å². The third kappa shape index (κ3) is 4.12. The van der Waals surface area contributed by atoms with Crippen molar-refractivity contribution in [3.63, 3.8) is 0 Å². The van der Waals surface area contributed by atoms with Crippen molar-refractivity contribution in [2.75, 3.05) is 29.9 Å². The molecule has 1 unspecified atom stereocenters. The van der Waals surface area contributed by atoms with Gasteiger partial charge in [0, 0.05) is 34.5 Å². The Kier molecular flexibility index (Phi) is 4.98. The largest absolute Gasteiger partial charge is 0.375 e. The molecule has 1 N–H and O–H groups in total. The maximum absolute atomic E-state index is 12.2. The summed E-state index contributed by atoms with van der Waals surface area (Å²) in [5.74, 6) is -0.112. The molecule has 0 saturated carbocycles. The monoisotopic (exact) mass is 374 g/mol. The number of halogens is 1. The van der Waals surface area contributed by atoms with Gasteiger partial charge in [0.1, 0.15) is 0 Å². The quantitative estimate of drug-likeness (QED) is 0.884.